The van der Waals surface area contributed by atoms with E-state index >= 15 is 0 Å². The fourth-order valence-corrected chi connectivity index (χ4v) is 0.714. The second kappa shape index (κ2) is 7.72. The third-order valence-electron chi connectivity index (χ3n) is 1.25. The quantitative estimate of drug-likeness (QED) is 0.629. The molecule has 0 spiro atoms. The Bertz CT molecular complexity index is 212. The summed E-state index contributed by atoms with van der Waals surface area (Å²) in [4.78, 5) is 0. The molecule has 0 N–H and O–H groups in total. The van der Waals surface area contributed by atoms with Crippen molar-refractivity contribution in [1.82, 2.24) is 0 Å². The highest BCUT2D eigenvalue weighted by atomic mass is 35.6. The van der Waals surface area contributed by atoms with Crippen LogP contribution in [0.5, 0.6) is 0 Å². The van der Waals surface area contributed by atoms with E-state index in [1.165, 1.54) is 5.56 Å². The monoisotopic (exact) mass is 225 g/mol. The number of benzene rings is 1. The molecular weight excluding hydrogens is 214 g/mol. The minimum Gasteiger partial charge on any atom is -0.0874 e. The minimum atomic E-state index is -1.83. The van der Waals surface area contributed by atoms with E-state index in [2.05, 4.69) is 31.2 Å². The largest absolute Gasteiger partial charge is 0.180 e. The lowest BCUT2D eigenvalue weighted by atomic mass is 10.2. The van der Waals surface area contributed by atoms with Crippen molar-refractivity contribution in [2.45, 2.75) is 17.6 Å². The Hall–Kier alpha value is 0.0900. The van der Waals surface area contributed by atoms with Crippen molar-refractivity contribution in [3.63, 3.8) is 0 Å². The number of rotatable bonds is 1. The molecule has 0 heterocycles. The zero-order valence-electron chi connectivity index (χ0n) is 7.73. The van der Waals surface area contributed by atoms with Crippen LogP contribution in [-0.4, -0.2) is 4.27 Å². The molecule has 1 rings (SSSR count). The van der Waals surface area contributed by atoms with Crippen LogP contribution in [0, 0.1) is 0 Å². The number of halogens is 3. The molecule has 0 atom stereocenters. The van der Waals surface area contributed by atoms with Gasteiger partial charge in [-0.2, -0.15) is 0 Å². The molecule has 0 fully saturated rings. The smallest absolute Gasteiger partial charge is 0.0874 e. The minimum absolute atomic E-state index is 1.14. The van der Waals surface area contributed by atoms with Crippen molar-refractivity contribution in [2.24, 2.45) is 0 Å². The first-order valence-corrected chi connectivity index (χ1v) is 4.67. The van der Waals surface area contributed by atoms with Crippen LogP contribution in [0.4, 0.5) is 0 Å². The van der Waals surface area contributed by atoms with Crippen molar-refractivity contribution < 1.29 is 1.37 Å². The van der Waals surface area contributed by atoms with Gasteiger partial charge in [0.25, 0.3) is 0 Å². The van der Waals surface area contributed by atoms with E-state index in [-0.39, 0.29) is 0 Å². The molecule has 0 aromatic heterocycles. The second-order valence-electron chi connectivity index (χ2n) is 2.05. The van der Waals surface area contributed by atoms with Gasteiger partial charge in [0.05, 0.1) is 1.37 Å². The van der Waals surface area contributed by atoms with E-state index in [1.54, 1.807) is 0 Å². The molecule has 12 heavy (non-hydrogen) atoms. The van der Waals surface area contributed by atoms with Gasteiger partial charge in [0, 0.05) is 0 Å². The molecular formula is C9H11Cl3. The van der Waals surface area contributed by atoms with Gasteiger partial charge >= 0.3 is 0 Å². The van der Waals surface area contributed by atoms with Crippen LogP contribution >= 0.6 is 34.8 Å². The van der Waals surface area contributed by atoms with E-state index in [1.807, 2.05) is 6.07 Å². The number of aryl methyl sites for hydroxylation is 1. The Morgan fingerprint density at radius 1 is 1.25 bits per heavy atom. The molecule has 68 valence electrons. The first-order chi connectivity index (χ1) is 5.93. The van der Waals surface area contributed by atoms with Gasteiger partial charge in [-0.1, -0.05) is 72.1 Å². The SMILES string of the molecule is CCc1ccccc1.[2H]C(Cl)(Cl)Cl. The predicted octanol–water partition coefficient (Wildman–Crippen LogP) is 4.24. The van der Waals surface area contributed by atoms with E-state index in [9.17, 15) is 0 Å². The molecule has 0 amide bonds. The van der Waals surface area contributed by atoms with Crippen LogP contribution in [-0.2, 0) is 6.42 Å². The fraction of sp³-hybridized carbons (Fsp3) is 0.333. The van der Waals surface area contributed by atoms with Gasteiger partial charge in [-0.3, -0.25) is 0 Å². The maximum absolute atomic E-state index is 6.23. The summed E-state index contributed by atoms with van der Waals surface area (Å²) in [5, 5.41) is 0. The highest BCUT2D eigenvalue weighted by Gasteiger charge is 1.80. The normalized spacial score (nSPS) is 11.2. The highest BCUT2D eigenvalue weighted by molar-refractivity contribution is 6.63. The highest BCUT2D eigenvalue weighted by Crippen LogP contribution is 2.03. The Morgan fingerprint density at radius 3 is 1.92 bits per heavy atom. The van der Waals surface area contributed by atoms with Crippen molar-refractivity contribution in [1.29, 1.82) is 0 Å². The summed E-state index contributed by atoms with van der Waals surface area (Å²) in [7, 11) is 0. The molecule has 0 aliphatic heterocycles. The number of alkyl halides is 3. The molecule has 1 aromatic carbocycles. The standard InChI is InChI=1S/C8H10.CHCl3/c1-2-8-6-4-3-5-7-8;2-1(3)4/h3-7H,2H2,1H3;1H/i;1D. The van der Waals surface area contributed by atoms with Crippen LogP contribution in [0.25, 0.3) is 0 Å². The maximum Gasteiger partial charge on any atom is 0.180 e. The summed E-state index contributed by atoms with van der Waals surface area (Å²) < 4.78 is 4.40. The van der Waals surface area contributed by atoms with Crippen LogP contribution in [0.2, 0.25) is 0 Å². The van der Waals surface area contributed by atoms with E-state index in [0.717, 1.165) is 6.42 Å². The molecule has 0 aliphatic carbocycles. The zero-order chi connectivity index (χ0) is 10.3. The average Bonchev–Trinajstić information content (AvgIpc) is 2.03. The van der Waals surface area contributed by atoms with Crippen LogP contribution in [0.15, 0.2) is 30.3 Å². The number of hydrogen-bond donors (Lipinski definition) is 0. The lowest BCUT2D eigenvalue weighted by Gasteiger charge is -1.89. The zero-order valence-corrected chi connectivity index (χ0v) is 9.00. The summed E-state index contributed by atoms with van der Waals surface area (Å²) in [6, 6.07) is 10.5. The van der Waals surface area contributed by atoms with Crippen LogP contribution < -0.4 is 0 Å². The van der Waals surface area contributed by atoms with Crippen molar-refractivity contribution >= 4 is 34.8 Å². The lowest BCUT2D eigenvalue weighted by molar-refractivity contribution is 1.14. The topological polar surface area (TPSA) is 0 Å². The van der Waals surface area contributed by atoms with Crippen molar-refractivity contribution in [2.75, 3.05) is 0 Å². The van der Waals surface area contributed by atoms with Gasteiger partial charge in [0.2, 0.25) is 0 Å². The van der Waals surface area contributed by atoms with Gasteiger partial charge < -0.3 is 0 Å². The Morgan fingerprint density at radius 2 is 1.67 bits per heavy atom. The Balaban J connectivity index is 0.000000252. The predicted molar refractivity (Wildman–Crippen MR) is 57.2 cm³/mol. The van der Waals surface area contributed by atoms with Gasteiger partial charge in [-0.25, -0.2) is 0 Å². The third kappa shape index (κ3) is 8.19. The Kier molecular flexibility index (Phi) is 6.55. The number of hydrogen-bond acceptors (Lipinski definition) is 0. The second-order valence-corrected chi connectivity index (χ2v) is 3.77. The van der Waals surface area contributed by atoms with E-state index < -0.39 is 4.27 Å². The molecule has 0 saturated carbocycles. The molecule has 3 heteroatoms. The first-order valence-electron chi connectivity index (χ1n) is 4.04. The Labute approximate surface area is 89.8 Å². The summed E-state index contributed by atoms with van der Waals surface area (Å²) in [6.45, 7) is 2.16. The molecule has 1 aromatic rings. The van der Waals surface area contributed by atoms with Crippen molar-refractivity contribution in [3.8, 4) is 0 Å². The average molecular weight is 227 g/mol. The maximum atomic E-state index is 6.23. The summed E-state index contributed by atoms with van der Waals surface area (Å²) >= 11 is 14.2. The molecule has 0 nitrogen and oxygen atoms in total. The van der Waals surface area contributed by atoms with Gasteiger partial charge in [-0.05, 0) is 12.0 Å². The molecule has 0 aliphatic rings. The van der Waals surface area contributed by atoms with Gasteiger partial charge in [0.15, 0.2) is 4.27 Å². The van der Waals surface area contributed by atoms with Crippen LogP contribution in [0.1, 0.15) is 13.9 Å². The lowest BCUT2D eigenvalue weighted by Crippen LogP contribution is -1.73. The molecule has 0 bridgehead atoms. The van der Waals surface area contributed by atoms with Crippen molar-refractivity contribution in [3.05, 3.63) is 35.9 Å². The molecule has 0 radical (unpaired) electrons. The molecule has 0 saturated heterocycles. The summed E-state index contributed by atoms with van der Waals surface area (Å²) in [6.07, 6.45) is 1.14. The summed E-state index contributed by atoms with van der Waals surface area (Å²) in [5.41, 5.74) is 1.41. The first kappa shape index (κ1) is 10.2. The third-order valence-corrected chi connectivity index (χ3v) is 1.25. The fourth-order valence-electron chi connectivity index (χ4n) is 0.714. The van der Waals surface area contributed by atoms with Gasteiger partial charge in [-0.15, -0.1) is 0 Å². The van der Waals surface area contributed by atoms with E-state index in [4.69, 9.17) is 36.2 Å². The molecule has 0 unspecified atom stereocenters. The van der Waals surface area contributed by atoms with Gasteiger partial charge in [0.1, 0.15) is 0 Å². The van der Waals surface area contributed by atoms with Crippen LogP contribution in [0.3, 0.4) is 0 Å². The van der Waals surface area contributed by atoms with E-state index in [0.29, 0.717) is 0 Å². The summed E-state index contributed by atoms with van der Waals surface area (Å²) in [5.74, 6) is 0.